The van der Waals surface area contributed by atoms with E-state index in [4.69, 9.17) is 11.6 Å². The number of alkyl halides is 8. The maximum Gasteiger partial charge on any atom is 0.417 e. The Morgan fingerprint density at radius 2 is 1.22 bits per heavy atom. The number of hydrogen-bond donors (Lipinski definition) is 0. The third kappa shape index (κ3) is 3.04. The van der Waals surface area contributed by atoms with Gasteiger partial charge in [-0.3, -0.25) is 0 Å². The zero-order chi connectivity index (χ0) is 14.3. The van der Waals surface area contributed by atoms with Gasteiger partial charge in [0.15, 0.2) is 0 Å². The van der Waals surface area contributed by atoms with Crippen molar-refractivity contribution in [1.82, 2.24) is 0 Å². The van der Waals surface area contributed by atoms with Gasteiger partial charge < -0.3 is 0 Å². The Labute approximate surface area is 100 Å². The minimum atomic E-state index is -5.40. The molecule has 0 radical (unpaired) electrons. The molecule has 0 aliphatic carbocycles. The van der Waals surface area contributed by atoms with Crippen LogP contribution < -0.4 is 0 Å². The first kappa shape index (κ1) is 15.0. The van der Waals surface area contributed by atoms with Crippen molar-refractivity contribution in [3.05, 3.63) is 33.8 Å². The lowest BCUT2D eigenvalue weighted by atomic mass is 10.0. The van der Waals surface area contributed by atoms with Gasteiger partial charge in [-0.2, -0.15) is 26.3 Å². The van der Waals surface area contributed by atoms with Crippen LogP contribution in [0.1, 0.15) is 23.1 Å². The molecule has 0 aromatic heterocycles. The molecule has 0 atom stereocenters. The first-order valence-electron chi connectivity index (χ1n) is 4.20. The maximum atomic E-state index is 12.4. The monoisotopic (exact) mass is 298 g/mol. The van der Waals surface area contributed by atoms with E-state index in [1.54, 1.807) is 0 Å². The van der Waals surface area contributed by atoms with Crippen LogP contribution in [0.5, 0.6) is 0 Å². The van der Waals surface area contributed by atoms with E-state index in [2.05, 4.69) is 0 Å². The zero-order valence-electron chi connectivity index (χ0n) is 8.13. The van der Waals surface area contributed by atoms with Crippen LogP contribution in [0, 0.1) is 0 Å². The summed E-state index contributed by atoms with van der Waals surface area (Å²) in [6.07, 6.45) is -14.1. The number of benzene rings is 1. The standard InChI is InChI=1S/C9H3ClF8/c10-6-2-5(9(16,17)18)4(8(13,14)15)1-3(6)7(11)12/h1-2,7H. The van der Waals surface area contributed by atoms with Crippen LogP contribution in [0.15, 0.2) is 12.1 Å². The van der Waals surface area contributed by atoms with Crippen LogP contribution in [-0.4, -0.2) is 0 Å². The number of rotatable bonds is 1. The van der Waals surface area contributed by atoms with Gasteiger partial charge in [0.1, 0.15) is 0 Å². The quantitative estimate of drug-likeness (QED) is 0.616. The molecule has 0 aliphatic heterocycles. The van der Waals surface area contributed by atoms with Crippen LogP contribution in [0.4, 0.5) is 35.1 Å². The minimum absolute atomic E-state index is 0.147. The number of halogens is 9. The largest absolute Gasteiger partial charge is 0.417 e. The highest BCUT2D eigenvalue weighted by Gasteiger charge is 2.44. The first-order chi connectivity index (χ1) is 7.94. The smallest absolute Gasteiger partial charge is 0.205 e. The van der Waals surface area contributed by atoms with Crippen LogP contribution in [0.2, 0.25) is 5.02 Å². The first-order valence-corrected chi connectivity index (χ1v) is 4.58. The third-order valence-electron chi connectivity index (χ3n) is 1.98. The highest BCUT2D eigenvalue weighted by molar-refractivity contribution is 6.31. The molecule has 1 aromatic rings. The highest BCUT2D eigenvalue weighted by atomic mass is 35.5. The van der Waals surface area contributed by atoms with Crippen molar-refractivity contribution in [2.45, 2.75) is 18.8 Å². The molecule has 0 saturated carbocycles. The Kier molecular flexibility index (Phi) is 3.81. The summed E-state index contributed by atoms with van der Waals surface area (Å²) in [4.78, 5) is 0. The second-order valence-electron chi connectivity index (χ2n) is 3.22. The summed E-state index contributed by atoms with van der Waals surface area (Å²) in [7, 11) is 0. The van der Waals surface area contributed by atoms with E-state index in [-0.39, 0.29) is 12.1 Å². The lowest BCUT2D eigenvalue weighted by Gasteiger charge is -2.17. The fourth-order valence-electron chi connectivity index (χ4n) is 1.23. The molecule has 1 rings (SSSR count). The predicted molar refractivity (Wildman–Crippen MR) is 46.4 cm³/mol. The summed E-state index contributed by atoms with van der Waals surface area (Å²) < 4.78 is 98.7. The minimum Gasteiger partial charge on any atom is -0.205 e. The van der Waals surface area contributed by atoms with Crippen molar-refractivity contribution in [2.24, 2.45) is 0 Å². The summed E-state index contributed by atoms with van der Waals surface area (Å²) in [6.45, 7) is 0. The van der Waals surface area contributed by atoms with E-state index in [1.165, 1.54) is 0 Å². The highest BCUT2D eigenvalue weighted by Crippen LogP contribution is 2.43. The van der Waals surface area contributed by atoms with Gasteiger partial charge in [-0.1, -0.05) is 11.6 Å². The molecular weight excluding hydrogens is 296 g/mol. The average molecular weight is 299 g/mol. The topological polar surface area (TPSA) is 0 Å². The molecule has 0 aliphatic rings. The van der Waals surface area contributed by atoms with Gasteiger partial charge >= 0.3 is 12.4 Å². The molecule has 1 aromatic carbocycles. The molecule has 0 heterocycles. The molecular formula is C9H3ClF8. The molecule has 0 saturated heterocycles. The molecule has 0 nitrogen and oxygen atoms in total. The van der Waals surface area contributed by atoms with Crippen LogP contribution >= 0.6 is 11.6 Å². The Morgan fingerprint density at radius 3 is 1.56 bits per heavy atom. The SMILES string of the molecule is FC(F)c1cc(C(F)(F)F)c(C(F)(F)F)cc1Cl. The summed E-state index contributed by atoms with van der Waals surface area (Å²) in [5, 5.41) is -1.06. The van der Waals surface area contributed by atoms with Crippen molar-refractivity contribution in [3.8, 4) is 0 Å². The van der Waals surface area contributed by atoms with Crippen molar-refractivity contribution in [2.75, 3.05) is 0 Å². The van der Waals surface area contributed by atoms with E-state index in [0.717, 1.165) is 0 Å². The Balaban J connectivity index is 3.58. The van der Waals surface area contributed by atoms with E-state index < -0.39 is 40.5 Å². The number of hydrogen-bond acceptors (Lipinski definition) is 0. The summed E-state index contributed by atoms with van der Waals surface area (Å²) in [5.74, 6) is 0. The van der Waals surface area contributed by atoms with Crippen molar-refractivity contribution < 1.29 is 35.1 Å². The molecule has 0 fully saturated rings. The molecule has 0 unspecified atom stereocenters. The third-order valence-corrected chi connectivity index (χ3v) is 2.31. The molecule has 0 amide bonds. The lowest BCUT2D eigenvalue weighted by Crippen LogP contribution is -2.17. The van der Waals surface area contributed by atoms with Gasteiger partial charge in [-0.15, -0.1) is 0 Å². The van der Waals surface area contributed by atoms with E-state index in [0.29, 0.717) is 0 Å². The van der Waals surface area contributed by atoms with Gasteiger partial charge in [0, 0.05) is 5.56 Å². The fourth-order valence-corrected chi connectivity index (χ4v) is 1.47. The molecule has 9 heteroatoms. The molecule has 0 spiro atoms. The Hall–Kier alpha value is -1.05. The maximum absolute atomic E-state index is 12.4. The second kappa shape index (κ2) is 4.56. The Bertz CT molecular complexity index is 445. The van der Waals surface area contributed by atoms with E-state index >= 15 is 0 Å². The summed E-state index contributed by atoms with van der Waals surface area (Å²) in [6, 6.07) is -0.429. The zero-order valence-corrected chi connectivity index (χ0v) is 8.89. The summed E-state index contributed by atoms with van der Waals surface area (Å²) >= 11 is 5.11. The van der Waals surface area contributed by atoms with Gasteiger partial charge in [0.25, 0.3) is 6.43 Å². The van der Waals surface area contributed by atoms with Crippen molar-refractivity contribution >= 4 is 11.6 Å². The predicted octanol–water partition coefficient (Wildman–Crippen LogP) is 5.32. The second-order valence-corrected chi connectivity index (χ2v) is 3.62. The van der Waals surface area contributed by atoms with Gasteiger partial charge in [-0.25, -0.2) is 8.78 Å². The molecule has 0 bridgehead atoms. The lowest BCUT2D eigenvalue weighted by molar-refractivity contribution is -0.162. The van der Waals surface area contributed by atoms with E-state index in [9.17, 15) is 35.1 Å². The molecule has 18 heavy (non-hydrogen) atoms. The average Bonchev–Trinajstić information content (AvgIpc) is 2.13. The van der Waals surface area contributed by atoms with Gasteiger partial charge in [0.2, 0.25) is 0 Å². The van der Waals surface area contributed by atoms with Crippen molar-refractivity contribution in [1.29, 1.82) is 0 Å². The van der Waals surface area contributed by atoms with Crippen LogP contribution in [0.3, 0.4) is 0 Å². The Morgan fingerprint density at radius 1 is 0.833 bits per heavy atom. The fraction of sp³-hybridized carbons (Fsp3) is 0.333. The van der Waals surface area contributed by atoms with Crippen LogP contribution in [0.25, 0.3) is 0 Å². The van der Waals surface area contributed by atoms with Crippen LogP contribution in [-0.2, 0) is 12.4 Å². The van der Waals surface area contributed by atoms with Gasteiger partial charge in [-0.05, 0) is 12.1 Å². The molecule has 0 N–H and O–H groups in total. The van der Waals surface area contributed by atoms with E-state index in [1.807, 2.05) is 0 Å². The van der Waals surface area contributed by atoms with Crippen molar-refractivity contribution in [3.63, 3.8) is 0 Å². The normalized spacial score (nSPS) is 13.2. The summed E-state index contributed by atoms with van der Waals surface area (Å²) in [5.41, 5.74) is -5.57. The molecule has 102 valence electrons. The van der Waals surface area contributed by atoms with Gasteiger partial charge in [0.05, 0.1) is 16.1 Å².